The van der Waals surface area contributed by atoms with E-state index in [0.29, 0.717) is 19.3 Å². The zero-order chi connectivity index (χ0) is 21.2. The number of carboxylic acid groups (broad SMARTS) is 1. The summed E-state index contributed by atoms with van der Waals surface area (Å²) in [5.41, 5.74) is -1.79. The topological polar surface area (TPSA) is 107 Å². The third kappa shape index (κ3) is 8.19. The zero-order valence-electron chi connectivity index (χ0n) is 17.8. The highest BCUT2D eigenvalue weighted by molar-refractivity contribution is 5.66. The number of rotatable bonds is 14. The summed E-state index contributed by atoms with van der Waals surface area (Å²) >= 11 is 0. The largest absolute Gasteiger partial charge is 0.481 e. The number of carbonyl (C=O) groups is 1. The number of aliphatic hydroxyl groups excluding tert-OH is 1. The number of hydrogen-bond donors (Lipinski definition) is 4. The van der Waals surface area contributed by atoms with Gasteiger partial charge in [0.15, 0.2) is 0 Å². The summed E-state index contributed by atoms with van der Waals surface area (Å²) in [4.78, 5) is 15.3. The molecule has 0 aromatic rings. The second-order valence-electron chi connectivity index (χ2n) is 8.89. The molecule has 6 nitrogen and oxygen atoms in total. The molecule has 6 heteroatoms. The second kappa shape index (κ2) is 11.9. The van der Waals surface area contributed by atoms with E-state index in [1.807, 2.05) is 19.1 Å². The third-order valence-corrected chi connectivity index (χ3v) is 6.12. The molecular formula is C22H40O6. The van der Waals surface area contributed by atoms with Gasteiger partial charge in [-0.25, -0.2) is 4.89 Å². The standard InChI is InChI=1S/C22H40O6/c1-4-5-10-14-21(2,28-27)15-13-18-17(19(23)16-22(18,3)26)11-8-6-7-9-12-20(24)25/h13,15,17-19,23,26-27H,4-12,14,16H2,1-3H3,(H,24,25)/b15-13+/t17-,18-,19+,21?,22-/m1/s1. The molecule has 164 valence electrons. The first-order chi connectivity index (χ1) is 13.1. The van der Waals surface area contributed by atoms with Crippen LogP contribution in [0.15, 0.2) is 12.2 Å². The van der Waals surface area contributed by atoms with Crippen LogP contribution < -0.4 is 0 Å². The highest BCUT2D eigenvalue weighted by Crippen LogP contribution is 2.44. The molecule has 28 heavy (non-hydrogen) atoms. The Bertz CT molecular complexity index is 489. The predicted octanol–water partition coefficient (Wildman–Crippen LogP) is 4.54. The quantitative estimate of drug-likeness (QED) is 0.148. The van der Waals surface area contributed by atoms with Crippen LogP contribution in [0, 0.1) is 11.8 Å². The normalized spacial score (nSPS) is 30.0. The van der Waals surface area contributed by atoms with Gasteiger partial charge in [0, 0.05) is 18.8 Å². The molecule has 0 bridgehead atoms. The fourth-order valence-electron chi connectivity index (χ4n) is 4.34. The average Bonchev–Trinajstić information content (AvgIpc) is 2.84. The molecule has 4 N–H and O–H groups in total. The van der Waals surface area contributed by atoms with Crippen molar-refractivity contribution in [2.45, 2.75) is 109 Å². The number of unbranched alkanes of at least 4 members (excludes halogenated alkanes) is 5. The summed E-state index contributed by atoms with van der Waals surface area (Å²) in [6.07, 6.45) is 11.6. The monoisotopic (exact) mass is 400 g/mol. The summed E-state index contributed by atoms with van der Waals surface area (Å²) in [5, 5.41) is 39.3. The van der Waals surface area contributed by atoms with Crippen LogP contribution in [-0.4, -0.2) is 43.9 Å². The average molecular weight is 401 g/mol. The van der Waals surface area contributed by atoms with Gasteiger partial charge in [0.05, 0.1) is 11.7 Å². The van der Waals surface area contributed by atoms with Crippen molar-refractivity contribution in [1.29, 1.82) is 0 Å². The molecule has 1 fully saturated rings. The van der Waals surface area contributed by atoms with Gasteiger partial charge in [-0.15, -0.1) is 0 Å². The van der Waals surface area contributed by atoms with Crippen LogP contribution in [0.3, 0.4) is 0 Å². The summed E-state index contributed by atoms with van der Waals surface area (Å²) in [6.45, 7) is 5.71. The van der Waals surface area contributed by atoms with Crippen molar-refractivity contribution in [3.05, 3.63) is 12.2 Å². The second-order valence-corrected chi connectivity index (χ2v) is 8.89. The van der Waals surface area contributed by atoms with E-state index in [-0.39, 0.29) is 18.3 Å². The Morgan fingerprint density at radius 1 is 1.21 bits per heavy atom. The molecule has 1 aliphatic carbocycles. The molecule has 1 aliphatic rings. The Morgan fingerprint density at radius 2 is 1.89 bits per heavy atom. The van der Waals surface area contributed by atoms with E-state index in [9.17, 15) is 20.3 Å². The van der Waals surface area contributed by atoms with Crippen LogP contribution in [-0.2, 0) is 9.68 Å². The smallest absolute Gasteiger partial charge is 0.303 e. The van der Waals surface area contributed by atoms with Crippen LogP contribution in [0.5, 0.6) is 0 Å². The van der Waals surface area contributed by atoms with Crippen molar-refractivity contribution >= 4 is 5.97 Å². The van der Waals surface area contributed by atoms with Gasteiger partial charge >= 0.3 is 5.97 Å². The molecule has 1 rings (SSSR count). The van der Waals surface area contributed by atoms with Gasteiger partial charge in [-0.05, 0) is 39.0 Å². The van der Waals surface area contributed by atoms with E-state index in [4.69, 9.17) is 9.99 Å². The molecule has 0 heterocycles. The first-order valence-electron chi connectivity index (χ1n) is 10.8. The van der Waals surface area contributed by atoms with Crippen LogP contribution >= 0.6 is 0 Å². The number of carboxylic acids is 1. The Kier molecular flexibility index (Phi) is 10.7. The van der Waals surface area contributed by atoms with Crippen molar-refractivity contribution < 1.29 is 30.3 Å². The lowest BCUT2D eigenvalue weighted by Crippen LogP contribution is -2.32. The number of hydrogen-bond acceptors (Lipinski definition) is 5. The maximum absolute atomic E-state index is 10.8. The van der Waals surface area contributed by atoms with Crippen molar-refractivity contribution in [2.24, 2.45) is 11.8 Å². The number of aliphatic carboxylic acids is 1. The van der Waals surface area contributed by atoms with Gasteiger partial charge in [0.2, 0.25) is 0 Å². The van der Waals surface area contributed by atoms with E-state index in [0.717, 1.165) is 44.9 Å². The molecule has 1 saturated carbocycles. The molecule has 5 atom stereocenters. The molecule has 0 aromatic carbocycles. The van der Waals surface area contributed by atoms with E-state index < -0.39 is 23.3 Å². The molecule has 0 amide bonds. The summed E-state index contributed by atoms with van der Waals surface area (Å²) < 4.78 is 0. The molecule has 0 aromatic heterocycles. The molecular weight excluding hydrogens is 360 g/mol. The Labute approximate surface area is 169 Å². The SMILES string of the molecule is CCCCCC(C)(/C=C/[C@@H]1[C@@H](CCCCCCC(=O)O)[C@@H](O)C[C@@]1(C)O)OO. The Morgan fingerprint density at radius 3 is 2.50 bits per heavy atom. The third-order valence-electron chi connectivity index (χ3n) is 6.12. The van der Waals surface area contributed by atoms with E-state index in [2.05, 4.69) is 6.92 Å². The fraction of sp³-hybridized carbons (Fsp3) is 0.864. The molecule has 1 unspecified atom stereocenters. The van der Waals surface area contributed by atoms with Crippen molar-refractivity contribution in [3.63, 3.8) is 0 Å². The van der Waals surface area contributed by atoms with Gasteiger partial charge in [-0.3, -0.25) is 10.1 Å². The van der Waals surface area contributed by atoms with E-state index in [1.165, 1.54) is 0 Å². The van der Waals surface area contributed by atoms with Crippen LogP contribution in [0.25, 0.3) is 0 Å². The predicted molar refractivity (Wildman–Crippen MR) is 109 cm³/mol. The fourth-order valence-corrected chi connectivity index (χ4v) is 4.34. The van der Waals surface area contributed by atoms with Gasteiger partial charge < -0.3 is 15.3 Å². The molecule has 0 spiro atoms. The highest BCUT2D eigenvalue weighted by Gasteiger charge is 2.47. The summed E-state index contributed by atoms with van der Waals surface area (Å²) in [7, 11) is 0. The minimum absolute atomic E-state index is 0.0516. The van der Waals surface area contributed by atoms with Gasteiger partial charge in [-0.2, -0.15) is 0 Å². The summed E-state index contributed by atoms with van der Waals surface area (Å²) in [6, 6.07) is 0. The number of aliphatic hydroxyl groups is 2. The lowest BCUT2D eigenvalue weighted by atomic mass is 9.82. The summed E-state index contributed by atoms with van der Waals surface area (Å²) in [5.74, 6) is -1.02. The molecule has 0 radical (unpaired) electrons. The van der Waals surface area contributed by atoms with Crippen molar-refractivity contribution in [1.82, 2.24) is 0 Å². The maximum atomic E-state index is 10.8. The Balaban J connectivity index is 2.66. The van der Waals surface area contributed by atoms with E-state index >= 15 is 0 Å². The molecule has 0 aliphatic heterocycles. The highest BCUT2D eigenvalue weighted by atomic mass is 17.1. The van der Waals surface area contributed by atoms with Gasteiger partial charge in [0.1, 0.15) is 5.60 Å². The van der Waals surface area contributed by atoms with Crippen molar-refractivity contribution in [2.75, 3.05) is 0 Å². The molecule has 0 saturated heterocycles. The van der Waals surface area contributed by atoms with E-state index in [1.54, 1.807) is 6.92 Å². The minimum atomic E-state index is -0.996. The lowest BCUT2D eigenvalue weighted by molar-refractivity contribution is -0.304. The van der Waals surface area contributed by atoms with Crippen molar-refractivity contribution in [3.8, 4) is 0 Å². The van der Waals surface area contributed by atoms with Gasteiger partial charge in [-0.1, -0.05) is 57.6 Å². The lowest BCUT2D eigenvalue weighted by Gasteiger charge is -2.29. The minimum Gasteiger partial charge on any atom is -0.481 e. The van der Waals surface area contributed by atoms with Gasteiger partial charge in [0.25, 0.3) is 0 Å². The first-order valence-corrected chi connectivity index (χ1v) is 10.8. The zero-order valence-corrected chi connectivity index (χ0v) is 17.8. The van der Waals surface area contributed by atoms with Crippen LogP contribution in [0.2, 0.25) is 0 Å². The first kappa shape index (κ1) is 25.1. The maximum Gasteiger partial charge on any atom is 0.303 e. The van der Waals surface area contributed by atoms with Crippen LogP contribution in [0.4, 0.5) is 0 Å². The van der Waals surface area contributed by atoms with Crippen LogP contribution in [0.1, 0.15) is 91.4 Å². The Hall–Kier alpha value is -0.950.